The number of carbonyl (C=O) groups is 1. The second-order valence-electron chi connectivity index (χ2n) is 13.0. The van der Waals surface area contributed by atoms with Crippen LogP contribution in [0.2, 0.25) is 5.15 Å². The number of nitrogens with one attached hydrogen (secondary N) is 3. The van der Waals surface area contributed by atoms with Gasteiger partial charge in [-0.1, -0.05) is 91.8 Å². The molecule has 0 bridgehead atoms. The molecule has 4 heterocycles. The summed E-state index contributed by atoms with van der Waals surface area (Å²) in [6.45, 7) is 5.33. The maximum atomic E-state index is 12.1. The molecule has 0 saturated carbocycles. The van der Waals surface area contributed by atoms with Crippen LogP contribution in [0.25, 0.3) is 33.1 Å². The zero-order valence-corrected chi connectivity index (χ0v) is 31.0. The van der Waals surface area contributed by atoms with Crippen molar-refractivity contribution in [2.75, 3.05) is 10.6 Å². The number of benzene rings is 4. The van der Waals surface area contributed by atoms with Gasteiger partial charge in [-0.2, -0.15) is 0 Å². The number of aromatic amines is 1. The lowest BCUT2D eigenvalue weighted by Gasteiger charge is -2.19. The Morgan fingerprint density at radius 1 is 0.750 bits per heavy atom. The smallest absolute Gasteiger partial charge is 0.443 e. The largest absolute Gasteiger partial charge is 0.490 e. The van der Waals surface area contributed by atoms with E-state index < -0.39 is 18.8 Å². The van der Waals surface area contributed by atoms with Crippen LogP contribution in [0.15, 0.2) is 146 Å². The molecule has 0 fully saturated rings. The first kappa shape index (κ1) is 40.6. The van der Waals surface area contributed by atoms with E-state index in [2.05, 4.69) is 47.7 Å². The Balaban J connectivity index is 0.000000163. The summed E-state index contributed by atoms with van der Waals surface area (Å²) < 4.78 is 6.57. The van der Waals surface area contributed by atoms with E-state index >= 15 is 0 Å². The van der Waals surface area contributed by atoms with Crippen LogP contribution in [0.1, 0.15) is 28.2 Å². The second kappa shape index (κ2) is 18.7. The highest BCUT2D eigenvalue weighted by molar-refractivity contribution is 6.62. The molecule has 0 aliphatic heterocycles. The van der Waals surface area contributed by atoms with Crippen LogP contribution in [0.3, 0.4) is 0 Å². The van der Waals surface area contributed by atoms with E-state index in [0.717, 1.165) is 33.5 Å². The highest BCUT2D eigenvalue weighted by atomic mass is 35.5. The summed E-state index contributed by atoms with van der Waals surface area (Å²) in [5, 5.41) is 27.1. The van der Waals surface area contributed by atoms with Gasteiger partial charge in [-0.15, -0.1) is 0 Å². The van der Waals surface area contributed by atoms with Gasteiger partial charge < -0.3 is 30.4 Å². The van der Waals surface area contributed by atoms with Gasteiger partial charge in [0, 0.05) is 58.1 Å². The number of rotatable bonds is 6. The molecule has 14 heteroatoms. The number of hydrogen-bond acceptors (Lipinski definition) is 10. The van der Waals surface area contributed by atoms with Crippen LogP contribution in [0, 0.1) is 0 Å². The highest BCUT2D eigenvalue weighted by Crippen LogP contribution is 2.28. The van der Waals surface area contributed by atoms with Gasteiger partial charge in [0.25, 0.3) is 0 Å². The Labute approximate surface area is 330 Å². The lowest BCUT2D eigenvalue weighted by molar-refractivity contribution is 0.0544. The minimum atomic E-state index is -1.63. The maximum absolute atomic E-state index is 12.1. The van der Waals surface area contributed by atoms with Gasteiger partial charge in [0.1, 0.15) is 10.8 Å². The van der Waals surface area contributed by atoms with Crippen LogP contribution in [-0.2, 0) is 4.74 Å². The van der Waals surface area contributed by atoms with Gasteiger partial charge in [-0.25, -0.2) is 24.7 Å². The number of hydrogen-bond donors (Lipinski definition) is 5. The van der Waals surface area contributed by atoms with Crippen molar-refractivity contribution in [2.24, 2.45) is 0 Å². The topological polar surface area (TPSA) is 163 Å². The van der Waals surface area contributed by atoms with Gasteiger partial charge in [0.05, 0.1) is 11.2 Å². The summed E-state index contributed by atoms with van der Waals surface area (Å²) in [5.41, 5.74) is 5.24. The van der Waals surface area contributed by atoms with E-state index in [1.807, 2.05) is 85.1 Å². The minimum absolute atomic E-state index is 0. The van der Waals surface area contributed by atoms with Crippen LogP contribution in [-0.4, -0.2) is 58.3 Å². The summed E-state index contributed by atoms with van der Waals surface area (Å²) in [6, 6.07) is 38.4. The summed E-state index contributed by atoms with van der Waals surface area (Å²) >= 11 is 5.72. The first-order chi connectivity index (χ1) is 26.5. The highest BCUT2D eigenvalue weighted by Gasteiger charge is 2.24. The minimum Gasteiger partial charge on any atom is -0.443 e. The first-order valence-corrected chi connectivity index (χ1v) is 17.6. The number of H-pyrrole nitrogens is 1. The zero-order chi connectivity index (χ0) is 38.8. The fourth-order valence-corrected chi connectivity index (χ4v) is 5.56. The van der Waals surface area contributed by atoms with Gasteiger partial charge in [-0.05, 0) is 74.7 Å². The molecule has 0 atom stereocenters. The number of para-hydroxylation sites is 4. The molecule has 56 heavy (non-hydrogen) atoms. The summed E-state index contributed by atoms with van der Waals surface area (Å²) in [5.74, 6) is 1.10. The van der Waals surface area contributed by atoms with Gasteiger partial charge in [-0.3, -0.25) is 4.57 Å². The third-order valence-electron chi connectivity index (χ3n) is 7.81. The molecule has 0 unspecified atom stereocenters. The molecule has 4 aromatic heterocycles. The third-order valence-corrected chi connectivity index (χ3v) is 8.02. The Hall–Kier alpha value is -6.54. The molecule has 8 aromatic rings. The monoisotopic (exact) mass is 768 g/mol. The Morgan fingerprint density at radius 3 is 1.91 bits per heavy atom. The number of aromatic nitrogens is 6. The van der Waals surface area contributed by atoms with E-state index in [-0.39, 0.29) is 12.9 Å². The molecule has 0 radical (unpaired) electrons. The number of anilines is 4. The van der Waals surface area contributed by atoms with E-state index in [1.54, 1.807) is 63.5 Å². The molecule has 8 rings (SSSR count). The summed E-state index contributed by atoms with van der Waals surface area (Å²) in [4.78, 5) is 32.3. The average Bonchev–Trinajstić information content (AvgIpc) is 3.79. The first-order valence-electron chi connectivity index (χ1n) is 17.3. The molecular weight excluding hydrogens is 727 g/mol. The van der Waals surface area contributed by atoms with Crippen LogP contribution in [0.5, 0.6) is 0 Å². The maximum Gasteiger partial charge on any atom is 0.490 e. The predicted molar refractivity (Wildman–Crippen MR) is 226 cm³/mol. The zero-order valence-electron chi connectivity index (χ0n) is 30.3. The molecule has 0 saturated heterocycles. The van der Waals surface area contributed by atoms with Crippen LogP contribution in [0.4, 0.5) is 28.1 Å². The molecule has 0 aliphatic carbocycles. The lowest BCUT2D eigenvalue weighted by Crippen LogP contribution is -2.30. The van der Waals surface area contributed by atoms with Gasteiger partial charge in [0.2, 0.25) is 11.9 Å². The van der Waals surface area contributed by atoms with Crippen molar-refractivity contribution >= 4 is 75.4 Å². The fraction of sp³-hybridized carbons (Fsp3) is 0.119. The van der Waals surface area contributed by atoms with Crippen molar-refractivity contribution in [1.82, 2.24) is 29.5 Å². The molecule has 12 nitrogen and oxygen atoms in total. The SMILES string of the molecule is C.CC(C)(C)OC(=O)n1cc(B(O)O)c2ccccc21.Clc1ccnc(Nc2ccccc2)n1.c1ccc(Nc2nccc(-c3c[nH]c4ccccc34)n2)cc1. The van der Waals surface area contributed by atoms with Crippen molar-refractivity contribution < 1.29 is 19.6 Å². The molecular formula is C42H42BClN8O4. The van der Waals surface area contributed by atoms with E-state index in [9.17, 15) is 14.8 Å². The molecule has 0 aliphatic rings. The Morgan fingerprint density at radius 2 is 1.30 bits per heavy atom. The Bertz CT molecular complexity index is 2490. The number of carbonyl (C=O) groups excluding carboxylic acids is 1. The molecule has 4 aromatic carbocycles. The van der Waals surface area contributed by atoms with E-state index in [1.165, 1.54) is 10.8 Å². The van der Waals surface area contributed by atoms with Crippen molar-refractivity contribution in [3.8, 4) is 11.3 Å². The van der Waals surface area contributed by atoms with Gasteiger partial charge in [0.15, 0.2) is 0 Å². The summed E-state index contributed by atoms with van der Waals surface area (Å²) in [6.07, 6.45) is 6.22. The Kier molecular flexibility index (Phi) is 13.6. The standard InChI is InChI=1S/C18H14N4.C13H16BNO4.C10H8ClN3.CH4/c1-2-6-13(7-3-1)21-18-19-11-10-17(22-18)15-12-20-16-9-5-4-8-14(15)16;1-13(2,3)19-12(16)15-8-10(14(17)18)9-6-4-5-7-11(9)15;11-9-6-7-12-10(14-9)13-8-4-2-1-3-5-8;/h1-12,20H,(H,19,21,22);4-8,17-18H,1-3H3;1-7H,(H,12,13,14);1H4. The van der Waals surface area contributed by atoms with Crippen molar-refractivity contribution in [1.29, 1.82) is 0 Å². The van der Waals surface area contributed by atoms with E-state index in [0.29, 0.717) is 28.0 Å². The molecule has 0 spiro atoms. The third kappa shape index (κ3) is 10.8. The number of ether oxygens (including phenoxy) is 1. The fourth-order valence-electron chi connectivity index (χ4n) is 5.42. The number of nitrogens with zero attached hydrogens (tertiary/aromatic N) is 5. The van der Waals surface area contributed by atoms with Crippen molar-refractivity contribution in [2.45, 2.75) is 33.8 Å². The molecule has 284 valence electrons. The second-order valence-corrected chi connectivity index (χ2v) is 13.4. The van der Waals surface area contributed by atoms with Gasteiger partial charge >= 0.3 is 13.2 Å². The van der Waals surface area contributed by atoms with Crippen molar-refractivity contribution in [3.63, 3.8) is 0 Å². The van der Waals surface area contributed by atoms with Crippen LogP contribution >= 0.6 is 11.6 Å². The quantitative estimate of drug-likeness (QED) is 0.0815. The van der Waals surface area contributed by atoms with E-state index in [4.69, 9.17) is 16.3 Å². The molecule has 5 N–H and O–H groups in total. The lowest BCUT2D eigenvalue weighted by atomic mass is 9.80. The normalized spacial score (nSPS) is 10.6. The molecule has 0 amide bonds. The number of halogens is 1. The predicted octanol–water partition coefficient (Wildman–Crippen LogP) is 8.98. The number of fused-ring (bicyclic) bond motifs is 2. The van der Waals surface area contributed by atoms with Crippen LogP contribution < -0.4 is 16.1 Å². The summed E-state index contributed by atoms with van der Waals surface area (Å²) in [7, 11) is -1.63. The average molecular weight is 769 g/mol. The van der Waals surface area contributed by atoms with Crippen molar-refractivity contribution in [3.05, 3.63) is 151 Å².